The molecule has 3 aliphatic heterocycles. The lowest BCUT2D eigenvalue weighted by Crippen LogP contribution is -2.57. The molecular formula is C13H14ClF3N4O. The molecule has 3 fully saturated rings. The molecule has 1 atom stereocenters. The van der Waals surface area contributed by atoms with Gasteiger partial charge in [-0.1, -0.05) is 11.6 Å². The summed E-state index contributed by atoms with van der Waals surface area (Å²) in [6, 6.07) is -0.0142. The number of nitrogens with one attached hydrogen (secondary N) is 1. The van der Waals surface area contributed by atoms with Crippen molar-refractivity contribution in [3.63, 3.8) is 0 Å². The number of amides is 1. The lowest BCUT2D eigenvalue weighted by atomic mass is 9.84. The maximum Gasteiger partial charge on any atom is 0.420 e. The fraction of sp³-hybridized carbons (Fsp3) is 0.615. The Bertz CT molecular complexity index is 587. The summed E-state index contributed by atoms with van der Waals surface area (Å²) in [5.74, 6) is -0.525. The normalized spacial score (nSPS) is 27.7. The SMILES string of the molecule is O=C(NC1CN2CCC1CC2)c1ncc(C(F)(F)F)c(Cl)n1. The molecule has 1 aromatic heterocycles. The maximum atomic E-state index is 12.6. The lowest BCUT2D eigenvalue weighted by Gasteiger charge is -2.44. The number of carbonyl (C=O) groups excluding carboxylic acids is 1. The number of piperidine rings is 3. The molecule has 1 aromatic rings. The minimum absolute atomic E-state index is 0.0142. The van der Waals surface area contributed by atoms with Crippen molar-refractivity contribution in [2.75, 3.05) is 19.6 Å². The van der Waals surface area contributed by atoms with E-state index in [1.807, 2.05) is 0 Å². The molecule has 0 aromatic carbocycles. The maximum absolute atomic E-state index is 12.6. The quantitative estimate of drug-likeness (QED) is 0.840. The van der Waals surface area contributed by atoms with Crippen molar-refractivity contribution in [1.82, 2.24) is 20.2 Å². The topological polar surface area (TPSA) is 58.1 Å². The molecule has 120 valence electrons. The Labute approximate surface area is 129 Å². The van der Waals surface area contributed by atoms with Gasteiger partial charge in [0.05, 0.1) is 0 Å². The van der Waals surface area contributed by atoms with E-state index in [0.717, 1.165) is 32.5 Å². The van der Waals surface area contributed by atoms with Crippen LogP contribution in [0.25, 0.3) is 0 Å². The second-order valence-corrected chi connectivity index (χ2v) is 5.97. The summed E-state index contributed by atoms with van der Waals surface area (Å²) in [6.45, 7) is 2.81. The summed E-state index contributed by atoms with van der Waals surface area (Å²) < 4.78 is 37.8. The van der Waals surface area contributed by atoms with Crippen LogP contribution in [0.2, 0.25) is 5.15 Å². The highest BCUT2D eigenvalue weighted by atomic mass is 35.5. The van der Waals surface area contributed by atoms with Gasteiger partial charge in [-0.2, -0.15) is 13.2 Å². The van der Waals surface area contributed by atoms with Crippen LogP contribution in [0.5, 0.6) is 0 Å². The average molecular weight is 335 g/mol. The van der Waals surface area contributed by atoms with Crippen molar-refractivity contribution >= 4 is 17.5 Å². The Morgan fingerprint density at radius 2 is 2.05 bits per heavy atom. The number of nitrogens with zero attached hydrogens (tertiary/aromatic N) is 3. The van der Waals surface area contributed by atoms with E-state index in [1.54, 1.807) is 0 Å². The molecule has 4 rings (SSSR count). The van der Waals surface area contributed by atoms with E-state index >= 15 is 0 Å². The number of hydrogen-bond donors (Lipinski definition) is 1. The van der Waals surface area contributed by atoms with Crippen LogP contribution in [0.3, 0.4) is 0 Å². The van der Waals surface area contributed by atoms with E-state index in [9.17, 15) is 18.0 Å². The van der Waals surface area contributed by atoms with Crippen LogP contribution >= 0.6 is 11.6 Å². The van der Waals surface area contributed by atoms with Crippen LogP contribution in [-0.4, -0.2) is 46.5 Å². The van der Waals surface area contributed by atoms with Crippen LogP contribution in [-0.2, 0) is 6.18 Å². The summed E-state index contributed by atoms with van der Waals surface area (Å²) in [7, 11) is 0. The van der Waals surface area contributed by atoms with Crippen LogP contribution in [0, 0.1) is 5.92 Å². The molecule has 4 heterocycles. The van der Waals surface area contributed by atoms with Crippen LogP contribution in [0.15, 0.2) is 6.20 Å². The number of carbonyl (C=O) groups is 1. The standard InChI is InChI=1S/C13H14ClF3N4O/c14-10-8(13(15,16)17)5-18-11(20-10)12(22)19-9-6-21-3-1-7(9)2-4-21/h5,7,9H,1-4,6H2,(H,19,22). The third-order valence-corrected chi connectivity index (χ3v) is 4.51. The first kappa shape index (κ1) is 15.5. The molecule has 0 aliphatic carbocycles. The Kier molecular flexibility index (Phi) is 3.98. The van der Waals surface area contributed by atoms with E-state index in [1.165, 1.54) is 0 Å². The van der Waals surface area contributed by atoms with Crippen LogP contribution in [0.1, 0.15) is 29.0 Å². The summed E-state index contributed by atoms with van der Waals surface area (Å²) in [5, 5.41) is 2.04. The van der Waals surface area contributed by atoms with Crippen molar-refractivity contribution in [1.29, 1.82) is 0 Å². The van der Waals surface area contributed by atoms with Gasteiger partial charge in [-0.25, -0.2) is 9.97 Å². The molecule has 2 bridgehead atoms. The molecule has 0 saturated carbocycles. The molecule has 3 aliphatic rings. The molecule has 1 N–H and O–H groups in total. The van der Waals surface area contributed by atoms with E-state index < -0.39 is 22.8 Å². The molecule has 1 unspecified atom stereocenters. The minimum Gasteiger partial charge on any atom is -0.345 e. The van der Waals surface area contributed by atoms with Gasteiger partial charge in [0.1, 0.15) is 10.7 Å². The van der Waals surface area contributed by atoms with Crippen molar-refractivity contribution in [2.45, 2.75) is 25.1 Å². The summed E-state index contributed by atoms with van der Waals surface area (Å²) in [4.78, 5) is 21.3. The second-order valence-electron chi connectivity index (χ2n) is 5.61. The van der Waals surface area contributed by atoms with Gasteiger partial charge < -0.3 is 10.2 Å². The third kappa shape index (κ3) is 3.03. The predicted octanol–water partition coefficient (Wildman–Crippen LogP) is 1.97. The largest absolute Gasteiger partial charge is 0.420 e. The zero-order valence-electron chi connectivity index (χ0n) is 11.5. The molecule has 3 saturated heterocycles. The molecule has 22 heavy (non-hydrogen) atoms. The molecule has 0 spiro atoms. The Morgan fingerprint density at radius 1 is 1.36 bits per heavy atom. The first-order valence-corrected chi connectivity index (χ1v) is 7.35. The predicted molar refractivity (Wildman–Crippen MR) is 72.5 cm³/mol. The molecule has 5 nitrogen and oxygen atoms in total. The van der Waals surface area contributed by atoms with E-state index in [-0.39, 0.29) is 11.9 Å². The van der Waals surface area contributed by atoms with Gasteiger partial charge in [-0.15, -0.1) is 0 Å². The first-order chi connectivity index (χ1) is 10.3. The smallest absolute Gasteiger partial charge is 0.345 e. The number of fused-ring (bicyclic) bond motifs is 3. The van der Waals surface area contributed by atoms with Crippen molar-refractivity contribution in [3.05, 3.63) is 22.7 Å². The fourth-order valence-corrected chi connectivity index (χ4v) is 3.26. The van der Waals surface area contributed by atoms with Crippen LogP contribution < -0.4 is 5.32 Å². The Hall–Kier alpha value is -1.41. The Morgan fingerprint density at radius 3 is 2.55 bits per heavy atom. The third-order valence-electron chi connectivity index (χ3n) is 4.22. The molecule has 0 radical (unpaired) electrons. The van der Waals surface area contributed by atoms with Gasteiger partial charge in [-0.3, -0.25) is 4.79 Å². The van der Waals surface area contributed by atoms with Crippen LogP contribution in [0.4, 0.5) is 13.2 Å². The van der Waals surface area contributed by atoms with Gasteiger partial charge in [0.2, 0.25) is 5.82 Å². The van der Waals surface area contributed by atoms with Crippen molar-refractivity contribution in [2.24, 2.45) is 5.92 Å². The first-order valence-electron chi connectivity index (χ1n) is 6.97. The number of hydrogen-bond acceptors (Lipinski definition) is 4. The van der Waals surface area contributed by atoms with Gasteiger partial charge in [-0.05, 0) is 31.8 Å². The minimum atomic E-state index is -4.64. The van der Waals surface area contributed by atoms with Gasteiger partial charge in [0.25, 0.3) is 5.91 Å². The van der Waals surface area contributed by atoms with Crippen molar-refractivity contribution in [3.8, 4) is 0 Å². The summed E-state index contributed by atoms with van der Waals surface area (Å²) in [5.41, 5.74) is -1.14. The van der Waals surface area contributed by atoms with Gasteiger partial charge in [0.15, 0.2) is 0 Å². The molecular weight excluding hydrogens is 321 g/mol. The zero-order valence-corrected chi connectivity index (χ0v) is 12.3. The summed E-state index contributed by atoms with van der Waals surface area (Å²) >= 11 is 5.50. The highest BCUT2D eigenvalue weighted by molar-refractivity contribution is 6.30. The van der Waals surface area contributed by atoms with Gasteiger partial charge in [0, 0.05) is 18.8 Å². The number of aromatic nitrogens is 2. The monoisotopic (exact) mass is 334 g/mol. The number of halogens is 4. The number of rotatable bonds is 2. The highest BCUT2D eigenvalue weighted by Crippen LogP contribution is 2.33. The molecule has 9 heteroatoms. The zero-order chi connectivity index (χ0) is 15.9. The van der Waals surface area contributed by atoms with E-state index in [2.05, 4.69) is 20.2 Å². The highest BCUT2D eigenvalue weighted by Gasteiger charge is 2.37. The second kappa shape index (κ2) is 5.66. The number of alkyl halides is 3. The van der Waals surface area contributed by atoms with Crippen molar-refractivity contribution < 1.29 is 18.0 Å². The van der Waals surface area contributed by atoms with E-state index in [4.69, 9.17) is 11.6 Å². The van der Waals surface area contributed by atoms with E-state index in [0.29, 0.717) is 12.1 Å². The lowest BCUT2D eigenvalue weighted by molar-refractivity contribution is -0.138. The van der Waals surface area contributed by atoms with Gasteiger partial charge >= 0.3 is 6.18 Å². The Balaban J connectivity index is 1.71. The fourth-order valence-electron chi connectivity index (χ4n) is 3.02. The average Bonchev–Trinajstić information content (AvgIpc) is 2.47. The summed E-state index contributed by atoms with van der Waals surface area (Å²) in [6.07, 6.45) is -2.07. The molecule has 1 amide bonds.